The highest BCUT2D eigenvalue weighted by Crippen LogP contribution is 2.43. The molecule has 1 aromatic heterocycles. The number of thioether (sulfide) groups is 1. The van der Waals surface area contributed by atoms with Crippen LogP contribution in [0.25, 0.3) is 10.9 Å². The van der Waals surface area contributed by atoms with Gasteiger partial charge in [-0.15, -0.1) is 11.8 Å². The van der Waals surface area contributed by atoms with E-state index in [1.54, 1.807) is 41.0 Å². The van der Waals surface area contributed by atoms with E-state index in [4.69, 9.17) is 4.74 Å². The number of hydrogen-bond acceptors (Lipinski definition) is 10. The van der Waals surface area contributed by atoms with Gasteiger partial charge >= 0.3 is 11.9 Å². The molecule has 3 atom stereocenters. The summed E-state index contributed by atoms with van der Waals surface area (Å²) in [6.07, 6.45) is 0.766. The van der Waals surface area contributed by atoms with E-state index in [0.29, 0.717) is 60.8 Å². The molecular formula is C46H42FN5O8S. The first-order valence-corrected chi connectivity index (χ1v) is 21.2. The number of esters is 1. The maximum Gasteiger partial charge on any atom is 0.356 e. The molecule has 4 aromatic carbocycles. The van der Waals surface area contributed by atoms with E-state index in [1.807, 2.05) is 65.6 Å². The van der Waals surface area contributed by atoms with E-state index < -0.39 is 58.6 Å². The number of piperazine rings is 1. The number of pyridine rings is 1. The largest absolute Gasteiger partial charge is 0.477 e. The second-order valence-electron chi connectivity index (χ2n) is 15.7. The number of aliphatic hydroxyl groups is 1. The van der Waals surface area contributed by atoms with Crippen LogP contribution < -0.4 is 15.6 Å². The molecule has 3 N–H and O–H groups in total. The number of nitrogens with one attached hydrogen (secondary N) is 1. The number of fused-ring (bicyclic) bond motifs is 2. The van der Waals surface area contributed by atoms with Crippen LogP contribution in [-0.4, -0.2) is 98.2 Å². The molecule has 13 nitrogen and oxygen atoms in total. The molecule has 312 valence electrons. The molecule has 2 amide bonds. The minimum Gasteiger partial charge on any atom is -0.477 e. The zero-order valence-corrected chi connectivity index (χ0v) is 33.7. The molecule has 9 rings (SSSR count). The summed E-state index contributed by atoms with van der Waals surface area (Å²) in [6.45, 7) is 2.09. The lowest BCUT2D eigenvalue weighted by molar-refractivity contribution is -0.155. The van der Waals surface area contributed by atoms with Crippen LogP contribution in [0.1, 0.15) is 58.1 Å². The number of anilines is 1. The molecule has 0 spiro atoms. The molecule has 4 aliphatic rings. The summed E-state index contributed by atoms with van der Waals surface area (Å²) in [5.74, 6) is -3.53. The molecule has 3 aliphatic heterocycles. The van der Waals surface area contributed by atoms with E-state index in [9.17, 15) is 34.2 Å². The first-order valence-electron chi connectivity index (χ1n) is 20.2. The number of carboxylic acid groups (broad SMARTS) is 1. The Morgan fingerprint density at radius 1 is 0.852 bits per heavy atom. The lowest BCUT2D eigenvalue weighted by Gasteiger charge is -2.50. The third-order valence-electron chi connectivity index (χ3n) is 11.7. The van der Waals surface area contributed by atoms with Crippen molar-refractivity contribution in [3.05, 3.63) is 159 Å². The Kier molecular flexibility index (Phi) is 10.9. The molecule has 0 bridgehead atoms. The smallest absolute Gasteiger partial charge is 0.356 e. The van der Waals surface area contributed by atoms with Crippen molar-refractivity contribution in [1.82, 2.24) is 19.7 Å². The number of nitrogens with zero attached hydrogens (tertiary/aromatic N) is 4. The first kappa shape index (κ1) is 40.1. The van der Waals surface area contributed by atoms with Gasteiger partial charge in [-0.05, 0) is 47.2 Å². The number of β-lactam (4-membered cyclic amide) rings is 1. The maximum absolute atomic E-state index is 15.8. The predicted molar refractivity (Wildman–Crippen MR) is 226 cm³/mol. The number of carbonyl (C=O) groups is 4. The molecule has 0 radical (unpaired) electrons. The normalized spacial score (nSPS) is 19.7. The number of aliphatic hydroxyl groups excluding tert-OH is 1. The molecule has 15 heteroatoms. The fourth-order valence-corrected chi connectivity index (χ4v) is 9.72. The van der Waals surface area contributed by atoms with Crippen molar-refractivity contribution in [2.45, 2.75) is 42.5 Å². The van der Waals surface area contributed by atoms with Gasteiger partial charge in [0, 0.05) is 56.1 Å². The number of carboxylic acids is 1. The lowest BCUT2D eigenvalue weighted by atomic mass is 10.00. The fourth-order valence-electron chi connectivity index (χ4n) is 8.38. The highest BCUT2D eigenvalue weighted by atomic mass is 32.2. The summed E-state index contributed by atoms with van der Waals surface area (Å²) >= 11 is 1.41. The van der Waals surface area contributed by atoms with Crippen molar-refractivity contribution >= 4 is 52.1 Å². The van der Waals surface area contributed by atoms with Gasteiger partial charge in [0.15, 0.2) is 12.2 Å². The fraction of sp³-hybridized carbons (Fsp3) is 0.283. The van der Waals surface area contributed by atoms with E-state index >= 15 is 4.39 Å². The first-order chi connectivity index (χ1) is 29.6. The maximum atomic E-state index is 15.8. The van der Waals surface area contributed by atoms with Crippen LogP contribution in [0.4, 0.5) is 10.1 Å². The molecule has 1 aliphatic carbocycles. The van der Waals surface area contributed by atoms with Gasteiger partial charge in [-0.1, -0.05) is 91.0 Å². The number of hydrogen-bond donors (Lipinski definition) is 3. The van der Waals surface area contributed by atoms with Gasteiger partial charge in [0.2, 0.25) is 5.43 Å². The number of halogens is 1. The summed E-state index contributed by atoms with van der Waals surface area (Å²) in [4.78, 5) is 72.1. The van der Waals surface area contributed by atoms with Crippen molar-refractivity contribution in [2.24, 2.45) is 0 Å². The van der Waals surface area contributed by atoms with Crippen molar-refractivity contribution < 1.29 is 38.5 Å². The third-order valence-corrected chi connectivity index (χ3v) is 13.1. The van der Waals surface area contributed by atoms with Gasteiger partial charge in [0.1, 0.15) is 28.5 Å². The van der Waals surface area contributed by atoms with E-state index in [0.717, 1.165) is 30.0 Å². The average molecular weight is 844 g/mol. The summed E-state index contributed by atoms with van der Waals surface area (Å²) in [7, 11) is 0. The Labute approximate surface area is 354 Å². The van der Waals surface area contributed by atoms with E-state index in [-0.39, 0.29) is 22.7 Å². The average Bonchev–Trinajstić information content (AvgIpc) is 4.14. The molecule has 3 fully saturated rings. The number of aromatic nitrogens is 1. The van der Waals surface area contributed by atoms with Crippen LogP contribution in [0.5, 0.6) is 0 Å². The Hall–Kier alpha value is -6.29. The molecule has 61 heavy (non-hydrogen) atoms. The molecule has 4 heterocycles. The van der Waals surface area contributed by atoms with Gasteiger partial charge in [0.05, 0.1) is 11.2 Å². The van der Waals surface area contributed by atoms with Gasteiger partial charge in [-0.2, -0.15) is 0 Å². The van der Waals surface area contributed by atoms with Crippen molar-refractivity contribution in [3.8, 4) is 0 Å². The SMILES string of the molecule is O=C(OC(c1ccccc1)c1ccccc1)C1=C(CN2CCN(c3cc4c(cc3F)c(=O)c(C(=O)O)cn4C3CC3)CC2)CS[C@@H]2[C@H](NC(=O)[C@H](O)c3ccccc3)C(=O)N12. The third kappa shape index (κ3) is 7.80. The summed E-state index contributed by atoms with van der Waals surface area (Å²) in [5.41, 5.74) is 2.35. The van der Waals surface area contributed by atoms with Crippen molar-refractivity contribution in [2.75, 3.05) is 43.4 Å². The second-order valence-corrected chi connectivity index (χ2v) is 16.8. The van der Waals surface area contributed by atoms with Crippen LogP contribution >= 0.6 is 11.8 Å². The van der Waals surface area contributed by atoms with Crippen LogP contribution in [0.2, 0.25) is 0 Å². The van der Waals surface area contributed by atoms with E-state index in [2.05, 4.69) is 10.2 Å². The highest BCUT2D eigenvalue weighted by molar-refractivity contribution is 8.00. The quantitative estimate of drug-likeness (QED) is 0.114. The number of rotatable bonds is 12. The van der Waals surface area contributed by atoms with Gasteiger partial charge in [-0.3, -0.25) is 24.2 Å². The Bertz CT molecular complexity index is 2580. The predicted octanol–water partition coefficient (Wildman–Crippen LogP) is 5.02. The van der Waals surface area contributed by atoms with Crippen LogP contribution in [0.15, 0.2) is 125 Å². The summed E-state index contributed by atoms with van der Waals surface area (Å²) in [6, 6.07) is 28.9. The Morgan fingerprint density at radius 3 is 2.05 bits per heavy atom. The monoisotopic (exact) mass is 843 g/mol. The van der Waals surface area contributed by atoms with Gasteiger partial charge < -0.3 is 29.7 Å². The van der Waals surface area contributed by atoms with Crippen LogP contribution in [-0.2, 0) is 19.1 Å². The Morgan fingerprint density at radius 2 is 1.46 bits per heavy atom. The summed E-state index contributed by atoms with van der Waals surface area (Å²) in [5, 5.41) is 22.5. The minimum absolute atomic E-state index is 0.0302. The van der Waals surface area contributed by atoms with Crippen LogP contribution in [0.3, 0.4) is 0 Å². The number of aromatic carboxylic acids is 1. The lowest BCUT2D eigenvalue weighted by Crippen LogP contribution is -2.71. The van der Waals surface area contributed by atoms with Crippen molar-refractivity contribution in [3.63, 3.8) is 0 Å². The number of amides is 2. The molecule has 0 unspecified atom stereocenters. The van der Waals surface area contributed by atoms with Crippen LogP contribution in [0, 0.1) is 5.82 Å². The second kappa shape index (κ2) is 16.6. The Balaban J connectivity index is 0.975. The van der Waals surface area contributed by atoms with Gasteiger partial charge in [-0.25, -0.2) is 14.0 Å². The number of carbonyl (C=O) groups excluding carboxylic acids is 3. The van der Waals surface area contributed by atoms with E-state index in [1.165, 1.54) is 22.9 Å². The zero-order valence-electron chi connectivity index (χ0n) is 32.9. The number of ether oxygens (including phenoxy) is 1. The summed E-state index contributed by atoms with van der Waals surface area (Å²) < 4.78 is 23.9. The molecule has 2 saturated heterocycles. The molecule has 5 aromatic rings. The molecule has 1 saturated carbocycles. The topological polar surface area (TPSA) is 162 Å². The number of benzene rings is 4. The minimum atomic E-state index is -1.49. The highest BCUT2D eigenvalue weighted by Gasteiger charge is 2.55. The van der Waals surface area contributed by atoms with Crippen molar-refractivity contribution in [1.29, 1.82) is 0 Å². The van der Waals surface area contributed by atoms with Gasteiger partial charge in [0.25, 0.3) is 11.8 Å². The molecular weight excluding hydrogens is 802 g/mol. The zero-order chi connectivity index (χ0) is 42.4. The standard InChI is InChI=1S/C46H42FN5O8S/c47-34-22-32-35(51(31-16-17-31)25-33(40(32)54)45(57)58)23-36(34)50-20-18-49(19-21-50)24-30-26-61-44-37(48-42(55)39(53)27-10-4-1-5-11-27)43(56)52(44)38(30)46(59)60-41(28-12-6-2-7-13-28)29-14-8-3-9-15-29/h1-15,22-23,25,31,37,39,41,44,53H,16-21,24,26H2,(H,48,55)(H,57,58)/t37-,39-,44-/m1/s1.